The maximum absolute atomic E-state index is 11.1. The lowest BCUT2D eigenvalue weighted by molar-refractivity contribution is -0.142. The van der Waals surface area contributed by atoms with Crippen LogP contribution in [0.25, 0.3) is 0 Å². The van der Waals surface area contributed by atoms with Crippen molar-refractivity contribution in [3.8, 4) is 0 Å². The maximum Gasteiger partial charge on any atom is 0.306 e. The Bertz CT molecular complexity index is 541. The molecule has 0 spiro atoms. The number of aliphatic imine (C=N–C) groups is 1. The van der Waals surface area contributed by atoms with Gasteiger partial charge in [0.25, 0.3) is 0 Å². The molecule has 0 amide bonds. The molecule has 1 N–H and O–H groups in total. The number of aliphatic carboxylic acids is 1. The SMILES string of the molecule is Cc1cccc(C2=NC3CCC(C(=O)O)CC3S2)c1. The first-order valence-electron chi connectivity index (χ1n) is 6.68. The van der Waals surface area contributed by atoms with E-state index in [-0.39, 0.29) is 5.92 Å². The summed E-state index contributed by atoms with van der Waals surface area (Å²) in [5.41, 5.74) is 2.41. The second kappa shape index (κ2) is 5.00. The van der Waals surface area contributed by atoms with Crippen molar-refractivity contribution in [1.82, 2.24) is 0 Å². The fourth-order valence-corrected chi connectivity index (χ4v) is 4.29. The number of carbonyl (C=O) groups is 1. The summed E-state index contributed by atoms with van der Waals surface area (Å²) in [6.45, 7) is 2.08. The van der Waals surface area contributed by atoms with Crippen LogP contribution in [0.2, 0.25) is 0 Å². The van der Waals surface area contributed by atoms with Crippen molar-refractivity contribution in [3.63, 3.8) is 0 Å². The molecular formula is C15H17NO2S. The van der Waals surface area contributed by atoms with Crippen LogP contribution < -0.4 is 0 Å². The molecule has 1 aliphatic heterocycles. The third kappa shape index (κ3) is 2.54. The van der Waals surface area contributed by atoms with Crippen LogP contribution in [-0.2, 0) is 4.79 Å². The number of aryl methyl sites for hydroxylation is 1. The Labute approximate surface area is 117 Å². The van der Waals surface area contributed by atoms with Crippen LogP contribution in [0.4, 0.5) is 0 Å². The highest BCUT2D eigenvalue weighted by Crippen LogP contribution is 2.41. The monoisotopic (exact) mass is 275 g/mol. The van der Waals surface area contributed by atoms with Crippen molar-refractivity contribution in [3.05, 3.63) is 35.4 Å². The van der Waals surface area contributed by atoms with Crippen molar-refractivity contribution < 1.29 is 9.90 Å². The van der Waals surface area contributed by atoms with Crippen molar-refractivity contribution in [2.45, 2.75) is 37.5 Å². The predicted molar refractivity (Wildman–Crippen MR) is 77.9 cm³/mol. The molecule has 2 aliphatic rings. The molecule has 3 nitrogen and oxygen atoms in total. The summed E-state index contributed by atoms with van der Waals surface area (Å²) in [5.74, 6) is -0.830. The van der Waals surface area contributed by atoms with Gasteiger partial charge in [-0.1, -0.05) is 23.8 Å². The average Bonchev–Trinajstić information content (AvgIpc) is 2.81. The van der Waals surface area contributed by atoms with Gasteiger partial charge in [-0.2, -0.15) is 0 Å². The molecule has 3 atom stereocenters. The molecule has 1 saturated carbocycles. The summed E-state index contributed by atoms with van der Waals surface area (Å²) in [6.07, 6.45) is 2.43. The van der Waals surface area contributed by atoms with Gasteiger partial charge in [-0.05, 0) is 32.3 Å². The van der Waals surface area contributed by atoms with Crippen LogP contribution in [0.15, 0.2) is 29.3 Å². The van der Waals surface area contributed by atoms with Gasteiger partial charge < -0.3 is 5.11 Å². The number of thioether (sulfide) groups is 1. The van der Waals surface area contributed by atoms with E-state index in [1.165, 1.54) is 11.1 Å². The minimum absolute atomic E-state index is 0.180. The van der Waals surface area contributed by atoms with Crippen molar-refractivity contribution >= 4 is 22.8 Å². The summed E-state index contributed by atoms with van der Waals surface area (Å²) in [7, 11) is 0. The first-order chi connectivity index (χ1) is 9.13. The van der Waals surface area contributed by atoms with Crippen LogP contribution in [0, 0.1) is 12.8 Å². The number of fused-ring (bicyclic) bond motifs is 1. The van der Waals surface area contributed by atoms with Gasteiger partial charge in [-0.15, -0.1) is 11.8 Å². The highest BCUT2D eigenvalue weighted by Gasteiger charge is 2.38. The molecule has 100 valence electrons. The lowest BCUT2D eigenvalue weighted by Gasteiger charge is -2.27. The highest BCUT2D eigenvalue weighted by atomic mass is 32.2. The first-order valence-corrected chi connectivity index (χ1v) is 7.56. The molecule has 1 aromatic carbocycles. The van der Waals surface area contributed by atoms with Gasteiger partial charge >= 0.3 is 5.97 Å². The number of benzene rings is 1. The fraction of sp³-hybridized carbons (Fsp3) is 0.467. The summed E-state index contributed by atoms with van der Waals surface area (Å²) in [4.78, 5) is 15.9. The lowest BCUT2D eigenvalue weighted by atomic mass is 9.86. The zero-order valence-electron chi connectivity index (χ0n) is 10.9. The number of hydrogen-bond donors (Lipinski definition) is 1. The summed E-state index contributed by atoms with van der Waals surface area (Å²) >= 11 is 1.76. The van der Waals surface area contributed by atoms with Gasteiger partial charge in [0.05, 0.1) is 17.0 Å². The molecule has 0 bridgehead atoms. The predicted octanol–water partition coefficient (Wildman–Crippen LogP) is 3.11. The number of hydrogen-bond acceptors (Lipinski definition) is 3. The van der Waals surface area contributed by atoms with E-state index in [9.17, 15) is 4.79 Å². The van der Waals surface area contributed by atoms with Crippen molar-refractivity contribution in [2.24, 2.45) is 10.9 Å². The second-order valence-corrected chi connectivity index (χ2v) is 6.60. The van der Waals surface area contributed by atoms with E-state index in [1.807, 2.05) is 0 Å². The molecule has 0 radical (unpaired) electrons. The van der Waals surface area contributed by atoms with Gasteiger partial charge in [-0.3, -0.25) is 9.79 Å². The fourth-order valence-electron chi connectivity index (χ4n) is 2.86. The molecule has 1 heterocycles. The molecule has 3 unspecified atom stereocenters. The minimum Gasteiger partial charge on any atom is -0.481 e. The molecule has 19 heavy (non-hydrogen) atoms. The van der Waals surface area contributed by atoms with Crippen molar-refractivity contribution in [1.29, 1.82) is 0 Å². The molecule has 3 rings (SSSR count). The maximum atomic E-state index is 11.1. The number of nitrogens with zero attached hydrogens (tertiary/aromatic N) is 1. The molecule has 0 saturated heterocycles. The van der Waals surface area contributed by atoms with E-state index in [2.05, 4.69) is 31.2 Å². The standard InChI is InChI=1S/C15H17NO2S/c1-9-3-2-4-10(7-9)14-16-12-6-5-11(15(17)18)8-13(12)19-14/h2-4,7,11-13H,5-6,8H2,1H3,(H,17,18). The lowest BCUT2D eigenvalue weighted by Crippen LogP contribution is -2.31. The molecular weight excluding hydrogens is 258 g/mol. The molecule has 0 aromatic heterocycles. The zero-order chi connectivity index (χ0) is 13.4. The van der Waals surface area contributed by atoms with Gasteiger partial charge in [0.15, 0.2) is 0 Å². The average molecular weight is 275 g/mol. The molecule has 1 aliphatic carbocycles. The van der Waals surface area contributed by atoms with Crippen LogP contribution in [0.3, 0.4) is 0 Å². The van der Waals surface area contributed by atoms with Crippen LogP contribution in [0.5, 0.6) is 0 Å². The first kappa shape index (κ1) is 12.7. The van der Waals surface area contributed by atoms with E-state index < -0.39 is 5.97 Å². The molecule has 4 heteroatoms. The van der Waals surface area contributed by atoms with Gasteiger partial charge in [0.2, 0.25) is 0 Å². The number of carboxylic acids is 1. The summed E-state index contributed by atoms with van der Waals surface area (Å²) in [5, 5.41) is 10.6. The Morgan fingerprint density at radius 3 is 3.00 bits per heavy atom. The number of carboxylic acid groups (broad SMARTS) is 1. The Morgan fingerprint density at radius 1 is 1.42 bits per heavy atom. The summed E-state index contributed by atoms with van der Waals surface area (Å²) < 4.78 is 0. The quantitative estimate of drug-likeness (QED) is 0.902. The summed E-state index contributed by atoms with van der Waals surface area (Å²) in [6, 6.07) is 8.69. The Kier molecular flexibility index (Phi) is 3.35. The van der Waals surface area contributed by atoms with E-state index in [0.717, 1.165) is 24.3 Å². The van der Waals surface area contributed by atoms with E-state index >= 15 is 0 Å². The van der Waals surface area contributed by atoms with Crippen LogP contribution in [-0.4, -0.2) is 27.4 Å². The van der Waals surface area contributed by atoms with Crippen molar-refractivity contribution in [2.75, 3.05) is 0 Å². The second-order valence-electron chi connectivity index (χ2n) is 5.38. The van der Waals surface area contributed by atoms with Gasteiger partial charge in [0.1, 0.15) is 0 Å². The van der Waals surface area contributed by atoms with Crippen LogP contribution >= 0.6 is 11.8 Å². The third-order valence-corrected chi connectivity index (χ3v) is 5.29. The van der Waals surface area contributed by atoms with E-state index in [1.54, 1.807) is 11.8 Å². The Morgan fingerprint density at radius 2 is 2.26 bits per heavy atom. The highest BCUT2D eigenvalue weighted by molar-refractivity contribution is 8.15. The molecule has 1 aromatic rings. The van der Waals surface area contributed by atoms with E-state index in [4.69, 9.17) is 10.1 Å². The largest absolute Gasteiger partial charge is 0.481 e. The topological polar surface area (TPSA) is 49.7 Å². The Balaban J connectivity index is 1.77. The Hall–Kier alpha value is -1.29. The number of rotatable bonds is 2. The third-order valence-electron chi connectivity index (χ3n) is 3.92. The molecule has 1 fully saturated rings. The van der Waals surface area contributed by atoms with Crippen LogP contribution in [0.1, 0.15) is 30.4 Å². The van der Waals surface area contributed by atoms with Gasteiger partial charge in [0, 0.05) is 10.8 Å². The normalized spacial score (nSPS) is 29.7. The van der Waals surface area contributed by atoms with E-state index in [0.29, 0.717) is 11.3 Å². The van der Waals surface area contributed by atoms with Gasteiger partial charge in [-0.25, -0.2) is 0 Å². The minimum atomic E-state index is -0.650. The smallest absolute Gasteiger partial charge is 0.306 e. The zero-order valence-corrected chi connectivity index (χ0v) is 11.7.